The molecule has 1 fully saturated rings. The first-order valence-corrected chi connectivity index (χ1v) is 7.09. The Morgan fingerprint density at radius 1 is 1.43 bits per heavy atom. The Balaban J connectivity index is 2.21. The van der Waals surface area contributed by atoms with Gasteiger partial charge in [0.25, 0.3) is 0 Å². The molecule has 0 amide bonds. The minimum Gasteiger partial charge on any atom is -0.379 e. The topological polar surface area (TPSA) is 24.5 Å². The number of halogens is 2. The fraction of sp³-hybridized carbons (Fsp3) is 1.00. The Morgan fingerprint density at radius 2 is 2.00 bits per heavy atom. The molecule has 1 atom stereocenters. The summed E-state index contributed by atoms with van der Waals surface area (Å²) in [4.78, 5) is 2.46. The SMILES string of the molecule is C[C@@H](CN1CCOCC1)NC(C)(I)I. The molecule has 0 aromatic heterocycles. The van der Waals surface area contributed by atoms with Crippen molar-refractivity contribution in [2.24, 2.45) is 0 Å². The number of hydrogen-bond acceptors (Lipinski definition) is 3. The van der Waals surface area contributed by atoms with Crippen molar-refractivity contribution in [3.05, 3.63) is 0 Å². The van der Waals surface area contributed by atoms with Gasteiger partial charge in [0, 0.05) is 25.7 Å². The van der Waals surface area contributed by atoms with Gasteiger partial charge in [-0.1, -0.05) is 0 Å². The van der Waals surface area contributed by atoms with Gasteiger partial charge in [0.15, 0.2) is 0 Å². The van der Waals surface area contributed by atoms with Gasteiger partial charge in [-0.25, -0.2) is 0 Å². The summed E-state index contributed by atoms with van der Waals surface area (Å²) in [6.07, 6.45) is 0. The normalized spacial score (nSPS) is 22.3. The number of morpholine rings is 1. The van der Waals surface area contributed by atoms with Gasteiger partial charge >= 0.3 is 0 Å². The molecule has 1 aliphatic heterocycles. The van der Waals surface area contributed by atoms with E-state index in [9.17, 15) is 0 Å². The summed E-state index contributed by atoms with van der Waals surface area (Å²) < 4.78 is 5.47. The summed E-state index contributed by atoms with van der Waals surface area (Å²) in [7, 11) is 0. The first-order valence-electron chi connectivity index (χ1n) is 4.93. The van der Waals surface area contributed by atoms with Crippen LogP contribution < -0.4 is 5.32 Å². The van der Waals surface area contributed by atoms with Crippen LogP contribution in [0.5, 0.6) is 0 Å². The van der Waals surface area contributed by atoms with Crippen molar-refractivity contribution in [1.82, 2.24) is 10.2 Å². The van der Waals surface area contributed by atoms with E-state index in [1.165, 1.54) is 0 Å². The van der Waals surface area contributed by atoms with Crippen molar-refractivity contribution in [1.29, 1.82) is 0 Å². The maximum Gasteiger partial charge on any atom is 0.120 e. The van der Waals surface area contributed by atoms with E-state index >= 15 is 0 Å². The highest BCUT2D eigenvalue weighted by atomic mass is 127. The summed E-state index contributed by atoms with van der Waals surface area (Å²) in [5, 5.41) is 3.56. The molecule has 1 N–H and O–H groups in total. The van der Waals surface area contributed by atoms with Crippen LogP contribution in [0.25, 0.3) is 0 Å². The molecular formula is C9H18I2N2O. The van der Waals surface area contributed by atoms with Crippen molar-refractivity contribution in [3.8, 4) is 0 Å². The predicted octanol–water partition coefficient (Wildman–Crippen LogP) is 1.84. The number of alkyl halides is 2. The Labute approximate surface area is 114 Å². The van der Waals surface area contributed by atoms with Gasteiger partial charge in [-0.3, -0.25) is 10.2 Å². The predicted molar refractivity (Wildman–Crippen MR) is 76.3 cm³/mol. The van der Waals surface area contributed by atoms with E-state index in [4.69, 9.17) is 4.74 Å². The van der Waals surface area contributed by atoms with Crippen molar-refractivity contribution < 1.29 is 4.74 Å². The second kappa shape index (κ2) is 6.17. The van der Waals surface area contributed by atoms with Crippen LogP contribution in [0.1, 0.15) is 13.8 Å². The fourth-order valence-electron chi connectivity index (χ4n) is 1.65. The molecule has 0 aromatic carbocycles. The van der Waals surface area contributed by atoms with Crippen LogP contribution >= 0.6 is 45.2 Å². The lowest BCUT2D eigenvalue weighted by atomic mass is 10.3. The summed E-state index contributed by atoms with van der Waals surface area (Å²) in [6, 6.07) is 0.534. The molecule has 5 heteroatoms. The molecule has 1 heterocycles. The minimum absolute atomic E-state index is 0.154. The molecule has 0 unspecified atom stereocenters. The van der Waals surface area contributed by atoms with Crippen molar-refractivity contribution in [2.75, 3.05) is 32.8 Å². The van der Waals surface area contributed by atoms with Gasteiger partial charge in [0.1, 0.15) is 1.55 Å². The lowest BCUT2D eigenvalue weighted by molar-refractivity contribution is 0.0343. The van der Waals surface area contributed by atoms with Gasteiger partial charge < -0.3 is 4.74 Å². The highest BCUT2D eigenvalue weighted by Crippen LogP contribution is 2.23. The zero-order valence-corrected chi connectivity index (χ0v) is 13.0. The van der Waals surface area contributed by atoms with E-state index in [-0.39, 0.29) is 1.55 Å². The van der Waals surface area contributed by atoms with Crippen molar-refractivity contribution >= 4 is 45.2 Å². The Hall–Kier alpha value is 1.34. The zero-order chi connectivity index (χ0) is 10.6. The second-order valence-corrected chi connectivity index (χ2v) is 10.2. The molecule has 0 spiro atoms. The van der Waals surface area contributed by atoms with Crippen LogP contribution in [0.15, 0.2) is 0 Å². The molecule has 14 heavy (non-hydrogen) atoms. The molecule has 84 valence electrons. The Morgan fingerprint density at radius 3 is 2.50 bits per heavy atom. The average Bonchev–Trinajstić information content (AvgIpc) is 2.02. The number of nitrogens with one attached hydrogen (secondary N) is 1. The van der Waals surface area contributed by atoms with Crippen LogP contribution in [0, 0.1) is 0 Å². The van der Waals surface area contributed by atoms with E-state index in [0.29, 0.717) is 6.04 Å². The smallest absolute Gasteiger partial charge is 0.120 e. The van der Waals surface area contributed by atoms with Gasteiger partial charge in [0.2, 0.25) is 0 Å². The van der Waals surface area contributed by atoms with Gasteiger partial charge in [0.05, 0.1) is 13.2 Å². The summed E-state index contributed by atoms with van der Waals surface area (Å²) in [5.74, 6) is 0. The van der Waals surface area contributed by atoms with E-state index in [2.05, 4.69) is 69.2 Å². The third-order valence-electron chi connectivity index (χ3n) is 2.14. The molecular weight excluding hydrogens is 406 g/mol. The van der Waals surface area contributed by atoms with E-state index in [1.807, 2.05) is 0 Å². The van der Waals surface area contributed by atoms with Gasteiger partial charge in [-0.2, -0.15) is 0 Å². The molecule has 3 nitrogen and oxygen atoms in total. The van der Waals surface area contributed by atoms with E-state index in [0.717, 1.165) is 32.8 Å². The maximum absolute atomic E-state index is 5.32. The number of hydrogen-bond donors (Lipinski definition) is 1. The standard InChI is InChI=1S/C9H18I2N2O/c1-8(12-9(2,10)11)7-13-3-5-14-6-4-13/h8,12H,3-7H2,1-2H3/t8-/m0/s1. The van der Waals surface area contributed by atoms with Crippen molar-refractivity contribution in [3.63, 3.8) is 0 Å². The Kier molecular flexibility index (Phi) is 5.91. The lowest BCUT2D eigenvalue weighted by Crippen LogP contribution is -2.47. The van der Waals surface area contributed by atoms with E-state index in [1.54, 1.807) is 0 Å². The fourth-order valence-corrected chi connectivity index (χ4v) is 2.71. The zero-order valence-electron chi connectivity index (χ0n) is 8.72. The van der Waals surface area contributed by atoms with Gasteiger partial charge in [-0.05, 0) is 59.0 Å². The highest BCUT2D eigenvalue weighted by molar-refractivity contribution is 14.2. The number of nitrogens with zero attached hydrogens (tertiary/aromatic N) is 1. The molecule has 1 aliphatic rings. The molecule has 0 aliphatic carbocycles. The van der Waals surface area contributed by atoms with Crippen LogP contribution in [-0.2, 0) is 4.74 Å². The summed E-state index contributed by atoms with van der Waals surface area (Å²) in [6.45, 7) is 9.47. The summed E-state index contributed by atoms with van der Waals surface area (Å²) >= 11 is 4.84. The van der Waals surface area contributed by atoms with Crippen LogP contribution in [0.4, 0.5) is 0 Å². The maximum atomic E-state index is 5.32. The molecule has 0 radical (unpaired) electrons. The third-order valence-corrected chi connectivity index (χ3v) is 2.76. The third kappa shape index (κ3) is 6.04. The van der Waals surface area contributed by atoms with Crippen molar-refractivity contribution in [2.45, 2.75) is 21.4 Å². The second-order valence-electron chi connectivity index (χ2n) is 3.85. The van der Waals surface area contributed by atoms with Crippen LogP contribution in [0.2, 0.25) is 0 Å². The first kappa shape index (κ1) is 13.4. The number of rotatable bonds is 4. The lowest BCUT2D eigenvalue weighted by Gasteiger charge is -2.31. The monoisotopic (exact) mass is 424 g/mol. The van der Waals surface area contributed by atoms with Crippen LogP contribution in [-0.4, -0.2) is 45.3 Å². The van der Waals surface area contributed by atoms with E-state index < -0.39 is 0 Å². The minimum atomic E-state index is 0.154. The molecule has 1 rings (SSSR count). The molecule has 1 saturated heterocycles. The Bertz CT molecular complexity index is 167. The average molecular weight is 424 g/mol. The van der Waals surface area contributed by atoms with Crippen LogP contribution in [0.3, 0.4) is 0 Å². The molecule has 0 aromatic rings. The largest absolute Gasteiger partial charge is 0.379 e. The van der Waals surface area contributed by atoms with Gasteiger partial charge in [-0.15, -0.1) is 0 Å². The molecule has 0 saturated carbocycles. The quantitative estimate of drug-likeness (QED) is 0.424. The summed E-state index contributed by atoms with van der Waals surface area (Å²) in [5.41, 5.74) is 0. The molecule has 0 bridgehead atoms. The highest BCUT2D eigenvalue weighted by Gasteiger charge is 2.20. The number of ether oxygens (including phenoxy) is 1. The first-order chi connectivity index (χ1) is 6.47.